The number of amides is 1. The highest BCUT2D eigenvalue weighted by Crippen LogP contribution is 2.38. The summed E-state index contributed by atoms with van der Waals surface area (Å²) >= 11 is 5.94. The minimum Gasteiger partial charge on any atom is -0.401 e. The second-order valence-electron chi connectivity index (χ2n) is 5.00. The van der Waals surface area contributed by atoms with Crippen LogP contribution in [0.5, 0.6) is 0 Å². The van der Waals surface area contributed by atoms with Gasteiger partial charge in [0.15, 0.2) is 4.32 Å². The van der Waals surface area contributed by atoms with E-state index >= 15 is 0 Å². The molecule has 1 aromatic carbocycles. The van der Waals surface area contributed by atoms with E-state index < -0.39 is 28.5 Å². The lowest BCUT2D eigenvalue weighted by molar-refractivity contribution is -0.402. The lowest BCUT2D eigenvalue weighted by atomic mass is 10.2. The molecule has 2 aromatic rings. The molecular weight excluding hydrogens is 393 g/mol. The molecule has 26 heavy (non-hydrogen) atoms. The molecule has 1 aliphatic heterocycles. The van der Waals surface area contributed by atoms with E-state index in [4.69, 9.17) is 16.6 Å². The number of nitro groups is 1. The molecule has 1 aromatic heterocycles. The Morgan fingerprint density at radius 3 is 2.62 bits per heavy atom. The molecule has 1 aliphatic rings. The van der Waals surface area contributed by atoms with Crippen molar-refractivity contribution in [3.05, 3.63) is 62.7 Å². The van der Waals surface area contributed by atoms with Crippen LogP contribution < -0.4 is 4.90 Å². The minimum atomic E-state index is -4.56. The van der Waals surface area contributed by atoms with Crippen LogP contribution in [-0.4, -0.2) is 15.2 Å². The van der Waals surface area contributed by atoms with Gasteiger partial charge in [-0.3, -0.25) is 19.8 Å². The highest BCUT2D eigenvalue weighted by atomic mass is 32.2. The number of halogens is 3. The molecule has 1 saturated heterocycles. The van der Waals surface area contributed by atoms with Gasteiger partial charge in [-0.05, 0) is 24.3 Å². The number of furan rings is 1. The molecule has 134 valence electrons. The van der Waals surface area contributed by atoms with Crippen molar-refractivity contribution in [2.75, 3.05) is 4.90 Å². The maximum absolute atomic E-state index is 12.9. The fourth-order valence-electron chi connectivity index (χ4n) is 2.16. The molecule has 3 rings (SSSR count). The van der Waals surface area contributed by atoms with Crippen molar-refractivity contribution in [3.63, 3.8) is 0 Å². The van der Waals surface area contributed by atoms with Crippen molar-refractivity contribution in [1.29, 1.82) is 0 Å². The number of nitrogens with zero attached hydrogens (tertiary/aromatic N) is 2. The Hall–Kier alpha value is -2.66. The first kappa shape index (κ1) is 18.1. The molecule has 0 bridgehead atoms. The van der Waals surface area contributed by atoms with Gasteiger partial charge in [0.1, 0.15) is 10.7 Å². The van der Waals surface area contributed by atoms with Crippen molar-refractivity contribution >= 4 is 51.9 Å². The van der Waals surface area contributed by atoms with Gasteiger partial charge in [0, 0.05) is 6.08 Å². The van der Waals surface area contributed by atoms with Crippen LogP contribution in [0.25, 0.3) is 6.08 Å². The Morgan fingerprint density at radius 2 is 2.00 bits per heavy atom. The molecule has 0 radical (unpaired) electrons. The zero-order valence-corrected chi connectivity index (χ0v) is 14.2. The fraction of sp³-hybridized carbons (Fsp3) is 0.0667. The Kier molecular flexibility index (Phi) is 4.59. The smallest absolute Gasteiger partial charge is 0.401 e. The maximum atomic E-state index is 12.9. The van der Waals surface area contributed by atoms with E-state index in [0.717, 1.165) is 34.9 Å². The summed E-state index contributed by atoms with van der Waals surface area (Å²) in [6, 6.07) is 6.65. The number of benzene rings is 1. The molecule has 1 fully saturated rings. The highest BCUT2D eigenvalue weighted by molar-refractivity contribution is 8.27. The van der Waals surface area contributed by atoms with E-state index in [-0.39, 0.29) is 20.7 Å². The van der Waals surface area contributed by atoms with Crippen LogP contribution in [-0.2, 0) is 11.0 Å². The predicted octanol–water partition coefficient (Wildman–Crippen LogP) is 4.61. The lowest BCUT2D eigenvalue weighted by Crippen LogP contribution is -2.27. The van der Waals surface area contributed by atoms with Crippen molar-refractivity contribution in [2.45, 2.75) is 6.18 Å². The van der Waals surface area contributed by atoms with Gasteiger partial charge in [0.25, 0.3) is 5.91 Å². The number of carbonyl (C=O) groups is 1. The third-order valence-electron chi connectivity index (χ3n) is 3.29. The fourth-order valence-corrected chi connectivity index (χ4v) is 3.44. The number of alkyl halides is 3. The summed E-state index contributed by atoms with van der Waals surface area (Å²) in [5.74, 6) is -1.08. The summed E-state index contributed by atoms with van der Waals surface area (Å²) in [6.07, 6.45) is -3.31. The quantitative estimate of drug-likeness (QED) is 0.324. The first-order valence-electron chi connectivity index (χ1n) is 6.86. The van der Waals surface area contributed by atoms with E-state index in [9.17, 15) is 28.1 Å². The average Bonchev–Trinajstić information content (AvgIpc) is 3.12. The number of hydrogen-bond acceptors (Lipinski definition) is 6. The van der Waals surface area contributed by atoms with Crippen LogP contribution in [0.3, 0.4) is 0 Å². The van der Waals surface area contributed by atoms with Crippen LogP contribution in [0.1, 0.15) is 11.3 Å². The van der Waals surface area contributed by atoms with Crippen LogP contribution in [0.15, 0.2) is 45.7 Å². The van der Waals surface area contributed by atoms with Crippen LogP contribution in [0, 0.1) is 10.1 Å². The van der Waals surface area contributed by atoms with Gasteiger partial charge >= 0.3 is 12.1 Å². The molecule has 0 N–H and O–H groups in total. The third kappa shape index (κ3) is 3.48. The SMILES string of the molecule is O=C1/C(=C\c2ccc([N+](=O)[O-])o2)SC(=S)N1c1cccc(C(F)(F)F)c1. The van der Waals surface area contributed by atoms with Crippen molar-refractivity contribution in [1.82, 2.24) is 0 Å². The predicted molar refractivity (Wildman–Crippen MR) is 92.5 cm³/mol. The first-order valence-corrected chi connectivity index (χ1v) is 8.09. The zero-order chi connectivity index (χ0) is 19.1. The molecule has 0 aliphatic carbocycles. The largest absolute Gasteiger partial charge is 0.433 e. The van der Waals surface area contributed by atoms with Gasteiger partial charge in [-0.2, -0.15) is 13.2 Å². The maximum Gasteiger partial charge on any atom is 0.433 e. The molecule has 2 heterocycles. The van der Waals surface area contributed by atoms with Gasteiger partial charge in [-0.15, -0.1) is 0 Å². The molecule has 0 unspecified atom stereocenters. The van der Waals surface area contributed by atoms with Crippen LogP contribution in [0.2, 0.25) is 0 Å². The van der Waals surface area contributed by atoms with E-state index in [1.54, 1.807) is 0 Å². The summed E-state index contributed by atoms with van der Waals surface area (Å²) in [5.41, 5.74) is -0.925. The first-order chi connectivity index (χ1) is 12.2. The molecular formula is C15H7F3N2O4S2. The molecule has 11 heteroatoms. The average molecular weight is 400 g/mol. The number of thioether (sulfide) groups is 1. The van der Waals surface area contributed by atoms with Crippen molar-refractivity contribution in [3.8, 4) is 0 Å². The minimum absolute atomic E-state index is 0.0175. The number of anilines is 1. The molecule has 6 nitrogen and oxygen atoms in total. The molecule has 0 atom stereocenters. The molecule has 1 amide bonds. The summed E-state index contributed by atoms with van der Waals surface area (Å²) in [6.45, 7) is 0. The van der Waals surface area contributed by atoms with Crippen LogP contribution >= 0.6 is 24.0 Å². The lowest BCUT2D eigenvalue weighted by Gasteiger charge is -2.16. The summed E-state index contributed by atoms with van der Waals surface area (Å²) in [4.78, 5) is 23.5. The number of hydrogen-bond donors (Lipinski definition) is 0. The van der Waals surface area contributed by atoms with Gasteiger partial charge in [0.2, 0.25) is 0 Å². The number of carbonyl (C=O) groups excluding carboxylic acids is 1. The van der Waals surface area contributed by atoms with E-state index in [1.807, 2.05) is 0 Å². The summed E-state index contributed by atoms with van der Waals surface area (Å²) in [7, 11) is 0. The van der Waals surface area contributed by atoms with Gasteiger partial charge in [-0.25, -0.2) is 0 Å². The van der Waals surface area contributed by atoms with E-state index in [0.29, 0.717) is 0 Å². The third-order valence-corrected chi connectivity index (χ3v) is 4.59. The standard InChI is InChI=1S/C15H7F3N2O4S2/c16-15(17,18)8-2-1-3-9(6-8)19-13(21)11(26-14(19)25)7-10-4-5-12(24-10)20(22)23/h1-7H/b11-7+. The van der Waals surface area contributed by atoms with Gasteiger partial charge in [-0.1, -0.05) is 30.0 Å². The van der Waals surface area contributed by atoms with Crippen molar-refractivity contribution < 1.29 is 27.3 Å². The van der Waals surface area contributed by atoms with Crippen LogP contribution in [0.4, 0.5) is 24.7 Å². The Labute approximate surface area is 153 Å². The number of rotatable bonds is 3. The number of thiocarbonyl (C=S) groups is 1. The Morgan fingerprint density at radius 1 is 1.27 bits per heavy atom. The van der Waals surface area contributed by atoms with Gasteiger partial charge in [0.05, 0.1) is 22.2 Å². The van der Waals surface area contributed by atoms with Crippen molar-refractivity contribution in [2.24, 2.45) is 0 Å². The second-order valence-corrected chi connectivity index (χ2v) is 6.67. The normalized spacial score (nSPS) is 16.6. The Bertz CT molecular complexity index is 952. The topological polar surface area (TPSA) is 76.6 Å². The highest BCUT2D eigenvalue weighted by Gasteiger charge is 2.36. The monoisotopic (exact) mass is 400 g/mol. The van der Waals surface area contributed by atoms with E-state index in [1.165, 1.54) is 24.3 Å². The molecule has 0 spiro atoms. The summed E-state index contributed by atoms with van der Waals surface area (Å²) < 4.78 is 43.6. The Balaban J connectivity index is 1.92. The molecule has 0 saturated carbocycles. The summed E-state index contributed by atoms with van der Waals surface area (Å²) in [5, 5.41) is 10.6. The van der Waals surface area contributed by atoms with Gasteiger partial charge < -0.3 is 4.42 Å². The second kappa shape index (κ2) is 6.57. The zero-order valence-electron chi connectivity index (χ0n) is 12.5. The van der Waals surface area contributed by atoms with E-state index in [2.05, 4.69) is 0 Å².